The Balaban J connectivity index is 1.31. The number of benzene rings is 1. The molecular formula is C27H27F2N5O4. The summed E-state index contributed by atoms with van der Waals surface area (Å²) < 4.78 is 39.5. The summed E-state index contributed by atoms with van der Waals surface area (Å²) in [5.74, 6) is -3.07. The number of rotatable bonds is 6. The quantitative estimate of drug-likeness (QED) is 0.437. The molecule has 2 atom stereocenters. The van der Waals surface area contributed by atoms with E-state index >= 15 is 0 Å². The van der Waals surface area contributed by atoms with Crippen LogP contribution in [0.3, 0.4) is 0 Å². The van der Waals surface area contributed by atoms with Gasteiger partial charge in [-0.3, -0.25) is 14.9 Å². The molecule has 6 rings (SSSR count). The minimum absolute atomic E-state index is 0.165. The molecule has 0 bridgehead atoms. The summed E-state index contributed by atoms with van der Waals surface area (Å²) in [5, 5.41) is 12.7. The van der Waals surface area contributed by atoms with Gasteiger partial charge in [-0.25, -0.2) is 13.6 Å². The Morgan fingerprint density at radius 2 is 1.95 bits per heavy atom. The molecular weight excluding hydrogens is 496 g/mol. The summed E-state index contributed by atoms with van der Waals surface area (Å²) in [4.78, 5) is 30.9. The first-order valence-electron chi connectivity index (χ1n) is 12.6. The van der Waals surface area contributed by atoms with Gasteiger partial charge in [0.1, 0.15) is 17.9 Å². The number of aryl methyl sites for hydroxylation is 2. The highest BCUT2D eigenvalue weighted by atomic mass is 19.2. The van der Waals surface area contributed by atoms with Crippen LogP contribution in [0.5, 0.6) is 5.75 Å². The largest absolute Gasteiger partial charge is 0.493 e. The van der Waals surface area contributed by atoms with Crippen molar-refractivity contribution < 1.29 is 27.8 Å². The number of nitrogens with one attached hydrogen (secondary N) is 3. The number of aromatic nitrogens is 3. The Labute approximate surface area is 217 Å². The maximum Gasteiger partial charge on any atom is 0.408 e. The van der Waals surface area contributed by atoms with E-state index in [1.165, 1.54) is 6.20 Å². The molecule has 198 valence electrons. The van der Waals surface area contributed by atoms with Crippen LogP contribution >= 0.6 is 0 Å². The molecule has 3 aliphatic rings. The third-order valence-electron chi connectivity index (χ3n) is 7.56. The van der Waals surface area contributed by atoms with Crippen LogP contribution in [-0.4, -0.2) is 45.9 Å². The van der Waals surface area contributed by atoms with Gasteiger partial charge in [0.25, 0.3) is 0 Å². The highest BCUT2D eigenvalue weighted by Crippen LogP contribution is 2.61. The van der Waals surface area contributed by atoms with Crippen LogP contribution < -0.4 is 15.4 Å². The summed E-state index contributed by atoms with van der Waals surface area (Å²) in [6.45, 7) is 4.01. The fraction of sp³-hybridized carbons (Fsp3) is 0.407. The first-order valence-corrected chi connectivity index (χ1v) is 12.6. The Hall–Kier alpha value is -4.02. The van der Waals surface area contributed by atoms with Crippen LogP contribution in [0.15, 0.2) is 30.5 Å². The second-order valence-corrected chi connectivity index (χ2v) is 10.4. The smallest absolute Gasteiger partial charge is 0.408 e. The van der Waals surface area contributed by atoms with Gasteiger partial charge < -0.3 is 20.1 Å². The van der Waals surface area contributed by atoms with Crippen molar-refractivity contribution in [1.29, 1.82) is 0 Å². The number of anilines is 1. The SMILES string of the molecule is Cc1n[nH]c(C)c1-c1ccc(NC(=O)[C@@H](NC(=O)OC2CC2)C2c3cc(F)c(F)cc3OCC23CC3)cn1. The molecule has 1 aliphatic heterocycles. The summed E-state index contributed by atoms with van der Waals surface area (Å²) in [6, 6.07) is 4.43. The topological polar surface area (TPSA) is 118 Å². The number of halogens is 2. The van der Waals surface area contributed by atoms with E-state index in [9.17, 15) is 18.4 Å². The molecule has 3 heterocycles. The lowest BCUT2D eigenvalue weighted by molar-refractivity contribution is -0.119. The van der Waals surface area contributed by atoms with E-state index in [1.807, 2.05) is 13.8 Å². The summed E-state index contributed by atoms with van der Waals surface area (Å²) in [7, 11) is 0. The van der Waals surface area contributed by atoms with Gasteiger partial charge in [-0.15, -0.1) is 0 Å². The molecule has 2 fully saturated rings. The Kier molecular flexibility index (Phi) is 5.81. The average Bonchev–Trinajstić information content (AvgIpc) is 3.81. The first-order chi connectivity index (χ1) is 18.2. The molecule has 0 saturated heterocycles. The summed E-state index contributed by atoms with van der Waals surface area (Å²) in [5.41, 5.74) is 3.55. The van der Waals surface area contributed by atoms with Gasteiger partial charge >= 0.3 is 6.09 Å². The van der Waals surface area contributed by atoms with Crippen molar-refractivity contribution >= 4 is 17.7 Å². The molecule has 38 heavy (non-hydrogen) atoms. The number of ether oxygens (including phenoxy) is 2. The van der Waals surface area contributed by atoms with Gasteiger partial charge in [0.05, 0.1) is 29.9 Å². The summed E-state index contributed by atoms with van der Waals surface area (Å²) in [6.07, 6.45) is 3.61. The molecule has 1 spiro atoms. The second kappa shape index (κ2) is 9.07. The van der Waals surface area contributed by atoms with Crippen molar-refractivity contribution in [3.8, 4) is 17.0 Å². The third-order valence-corrected chi connectivity index (χ3v) is 7.56. The highest BCUT2D eigenvalue weighted by Gasteiger charge is 2.58. The number of nitrogens with zero attached hydrogens (tertiary/aromatic N) is 2. The molecule has 2 saturated carbocycles. The minimum Gasteiger partial charge on any atom is -0.493 e. The van der Waals surface area contributed by atoms with Crippen molar-refractivity contribution in [3.63, 3.8) is 0 Å². The Bertz CT molecular complexity index is 1400. The molecule has 0 radical (unpaired) electrons. The number of H-pyrrole nitrogens is 1. The van der Waals surface area contributed by atoms with Crippen LogP contribution in [0.2, 0.25) is 0 Å². The standard InChI is InChI=1S/C27H27F2N5O4/c1-13-22(14(2)34-33-13)20-6-3-15(11-30-20)31-25(35)24(32-26(36)38-16-4-5-16)23-17-9-18(28)19(29)10-21(17)37-12-27(23)7-8-27/h3,6,9-11,16,23-24H,4-5,7-8,12H2,1-2H3,(H,31,35)(H,32,36)(H,33,34)/t23?,24-/m0/s1. The normalized spacial score (nSPS) is 19.7. The fourth-order valence-corrected chi connectivity index (χ4v) is 5.26. The van der Waals surface area contributed by atoms with Crippen LogP contribution in [0.4, 0.5) is 19.3 Å². The molecule has 1 aromatic carbocycles. The van der Waals surface area contributed by atoms with E-state index in [0.717, 1.165) is 54.8 Å². The van der Waals surface area contributed by atoms with Crippen LogP contribution in [0.1, 0.15) is 48.6 Å². The predicted molar refractivity (Wildman–Crippen MR) is 133 cm³/mol. The van der Waals surface area contributed by atoms with Crippen LogP contribution in [-0.2, 0) is 9.53 Å². The lowest BCUT2D eigenvalue weighted by atomic mass is 9.76. The number of pyridine rings is 1. The molecule has 11 heteroatoms. The monoisotopic (exact) mass is 523 g/mol. The number of amides is 2. The van der Waals surface area contributed by atoms with Crippen molar-refractivity contribution in [2.45, 2.75) is 57.6 Å². The minimum atomic E-state index is -1.12. The maximum absolute atomic E-state index is 14.4. The zero-order valence-electron chi connectivity index (χ0n) is 20.9. The van der Waals surface area contributed by atoms with Gasteiger partial charge in [-0.05, 0) is 57.7 Å². The van der Waals surface area contributed by atoms with E-state index < -0.39 is 41.0 Å². The average molecular weight is 524 g/mol. The maximum atomic E-state index is 14.4. The molecule has 1 unspecified atom stereocenters. The van der Waals surface area contributed by atoms with Gasteiger partial charge in [-0.1, -0.05) is 0 Å². The van der Waals surface area contributed by atoms with Crippen molar-refractivity contribution in [1.82, 2.24) is 20.5 Å². The molecule has 3 N–H and O–H groups in total. The predicted octanol–water partition coefficient (Wildman–Crippen LogP) is 4.52. The number of fused-ring (bicyclic) bond motifs is 1. The van der Waals surface area contributed by atoms with E-state index in [1.54, 1.807) is 12.1 Å². The molecule has 2 aliphatic carbocycles. The van der Waals surface area contributed by atoms with Crippen molar-refractivity contribution in [2.75, 3.05) is 11.9 Å². The molecule has 3 aromatic rings. The van der Waals surface area contributed by atoms with Gasteiger partial charge in [0.15, 0.2) is 11.6 Å². The number of aromatic amines is 1. The second-order valence-electron chi connectivity index (χ2n) is 10.4. The number of hydrogen-bond acceptors (Lipinski definition) is 6. The zero-order chi connectivity index (χ0) is 26.6. The molecule has 2 aromatic heterocycles. The van der Waals surface area contributed by atoms with Crippen molar-refractivity contribution in [2.24, 2.45) is 5.41 Å². The lowest BCUT2D eigenvalue weighted by Gasteiger charge is -2.38. The van der Waals surface area contributed by atoms with Gasteiger partial charge in [-0.2, -0.15) is 5.10 Å². The van der Waals surface area contributed by atoms with E-state index in [0.29, 0.717) is 16.9 Å². The molecule has 9 nitrogen and oxygen atoms in total. The number of hydrogen-bond donors (Lipinski definition) is 3. The Morgan fingerprint density at radius 1 is 1.18 bits per heavy atom. The van der Waals surface area contributed by atoms with Gasteiger partial charge in [0.2, 0.25) is 5.91 Å². The molecule has 2 amide bonds. The zero-order valence-corrected chi connectivity index (χ0v) is 20.9. The fourth-order valence-electron chi connectivity index (χ4n) is 5.26. The van der Waals surface area contributed by atoms with E-state index in [4.69, 9.17) is 9.47 Å². The summed E-state index contributed by atoms with van der Waals surface area (Å²) >= 11 is 0. The lowest BCUT2D eigenvalue weighted by Crippen LogP contribution is -2.52. The van der Waals surface area contributed by atoms with E-state index in [-0.39, 0.29) is 18.5 Å². The van der Waals surface area contributed by atoms with E-state index in [2.05, 4.69) is 25.8 Å². The Morgan fingerprint density at radius 3 is 2.58 bits per heavy atom. The number of carbonyl (C=O) groups excluding carboxylic acids is 2. The number of carbonyl (C=O) groups is 2. The number of alkyl carbamates (subject to hydrolysis) is 1. The van der Waals surface area contributed by atoms with Crippen molar-refractivity contribution in [3.05, 3.63) is 59.0 Å². The van der Waals surface area contributed by atoms with Gasteiger partial charge in [0, 0.05) is 34.2 Å². The third kappa shape index (κ3) is 4.46. The van der Waals surface area contributed by atoms with Crippen LogP contribution in [0.25, 0.3) is 11.3 Å². The van der Waals surface area contributed by atoms with Crippen LogP contribution in [0, 0.1) is 30.9 Å². The highest BCUT2D eigenvalue weighted by molar-refractivity contribution is 5.97. The first kappa shape index (κ1) is 24.3.